The maximum atomic E-state index is 9.13. The average molecular weight is 315 g/mol. The standard InChI is InChI=1S/C16H15BrN2/c1-11-4-3-5-13(12(11)2)10-19-16-7-6-15(17)8-14(16)9-18/h3-8,19H,10H2,1-2H3. The van der Waals surface area contributed by atoms with E-state index in [9.17, 15) is 0 Å². The van der Waals surface area contributed by atoms with Gasteiger partial charge >= 0.3 is 0 Å². The van der Waals surface area contributed by atoms with Gasteiger partial charge in [0, 0.05) is 11.0 Å². The second kappa shape index (κ2) is 5.90. The molecule has 0 radical (unpaired) electrons. The van der Waals surface area contributed by atoms with Crippen LogP contribution in [0.2, 0.25) is 0 Å². The van der Waals surface area contributed by atoms with Gasteiger partial charge in [0.1, 0.15) is 6.07 Å². The SMILES string of the molecule is Cc1cccc(CNc2ccc(Br)cc2C#N)c1C. The normalized spacial score (nSPS) is 10.0. The Hall–Kier alpha value is -1.79. The Labute approximate surface area is 122 Å². The van der Waals surface area contributed by atoms with Gasteiger partial charge in [0.05, 0.1) is 11.3 Å². The molecule has 2 aromatic carbocycles. The summed E-state index contributed by atoms with van der Waals surface area (Å²) in [5, 5.41) is 12.5. The van der Waals surface area contributed by atoms with Crippen LogP contribution in [0.3, 0.4) is 0 Å². The van der Waals surface area contributed by atoms with Crippen LogP contribution in [0.1, 0.15) is 22.3 Å². The summed E-state index contributed by atoms with van der Waals surface area (Å²) < 4.78 is 0.918. The molecule has 0 bridgehead atoms. The summed E-state index contributed by atoms with van der Waals surface area (Å²) in [4.78, 5) is 0. The van der Waals surface area contributed by atoms with Gasteiger partial charge in [0.2, 0.25) is 0 Å². The van der Waals surface area contributed by atoms with E-state index in [-0.39, 0.29) is 0 Å². The van der Waals surface area contributed by atoms with Gasteiger partial charge in [-0.1, -0.05) is 34.1 Å². The zero-order chi connectivity index (χ0) is 13.8. The highest BCUT2D eigenvalue weighted by atomic mass is 79.9. The van der Waals surface area contributed by atoms with Crippen molar-refractivity contribution in [3.63, 3.8) is 0 Å². The van der Waals surface area contributed by atoms with Crippen molar-refractivity contribution in [1.82, 2.24) is 0 Å². The van der Waals surface area contributed by atoms with Crippen molar-refractivity contribution in [2.24, 2.45) is 0 Å². The van der Waals surface area contributed by atoms with E-state index >= 15 is 0 Å². The summed E-state index contributed by atoms with van der Waals surface area (Å²) in [5.41, 5.74) is 5.36. The topological polar surface area (TPSA) is 35.8 Å². The molecule has 96 valence electrons. The molecule has 0 aromatic heterocycles. The monoisotopic (exact) mass is 314 g/mol. The van der Waals surface area contributed by atoms with Gasteiger partial charge in [0.25, 0.3) is 0 Å². The lowest BCUT2D eigenvalue weighted by Crippen LogP contribution is -2.03. The van der Waals surface area contributed by atoms with Gasteiger partial charge in [0.15, 0.2) is 0 Å². The molecule has 2 aromatic rings. The smallest absolute Gasteiger partial charge is 0.101 e. The van der Waals surface area contributed by atoms with Crippen molar-refractivity contribution >= 4 is 21.6 Å². The minimum absolute atomic E-state index is 0.652. The van der Waals surface area contributed by atoms with Crippen molar-refractivity contribution < 1.29 is 0 Å². The van der Waals surface area contributed by atoms with Crippen molar-refractivity contribution in [2.75, 3.05) is 5.32 Å². The number of anilines is 1. The van der Waals surface area contributed by atoms with E-state index in [1.807, 2.05) is 18.2 Å². The van der Waals surface area contributed by atoms with E-state index in [4.69, 9.17) is 5.26 Å². The largest absolute Gasteiger partial charge is 0.380 e. The van der Waals surface area contributed by atoms with E-state index in [0.29, 0.717) is 5.56 Å². The Morgan fingerprint density at radius 3 is 2.74 bits per heavy atom. The predicted molar refractivity (Wildman–Crippen MR) is 82.1 cm³/mol. The number of nitrogens with zero attached hydrogens (tertiary/aromatic N) is 1. The lowest BCUT2D eigenvalue weighted by atomic mass is 10.0. The number of hydrogen-bond acceptors (Lipinski definition) is 2. The first-order valence-corrected chi connectivity index (χ1v) is 6.89. The zero-order valence-electron chi connectivity index (χ0n) is 11.0. The quantitative estimate of drug-likeness (QED) is 0.902. The van der Waals surface area contributed by atoms with Crippen LogP contribution >= 0.6 is 15.9 Å². The molecule has 1 N–H and O–H groups in total. The highest BCUT2D eigenvalue weighted by Crippen LogP contribution is 2.21. The molecule has 0 aliphatic carbocycles. The number of benzene rings is 2. The first kappa shape index (κ1) is 13.6. The third-order valence-electron chi connectivity index (χ3n) is 3.29. The summed E-state index contributed by atoms with van der Waals surface area (Å²) in [7, 11) is 0. The van der Waals surface area contributed by atoms with Crippen LogP contribution in [-0.4, -0.2) is 0 Å². The second-order valence-corrected chi connectivity index (χ2v) is 5.43. The van der Waals surface area contributed by atoms with E-state index < -0.39 is 0 Å². The Morgan fingerprint density at radius 2 is 2.00 bits per heavy atom. The first-order chi connectivity index (χ1) is 9.11. The summed E-state index contributed by atoms with van der Waals surface area (Å²) in [6.45, 7) is 4.96. The van der Waals surface area contributed by atoms with Crippen LogP contribution in [-0.2, 0) is 6.54 Å². The fourth-order valence-corrected chi connectivity index (χ4v) is 2.32. The second-order valence-electron chi connectivity index (χ2n) is 4.51. The minimum atomic E-state index is 0.652. The predicted octanol–water partition coefficient (Wildman–Crippen LogP) is 4.55. The summed E-state index contributed by atoms with van der Waals surface area (Å²) in [6.07, 6.45) is 0. The molecule has 0 aliphatic rings. The van der Waals surface area contributed by atoms with Gasteiger partial charge in [-0.2, -0.15) is 5.26 Å². The minimum Gasteiger partial charge on any atom is -0.380 e. The number of rotatable bonds is 3. The molecular formula is C16H15BrN2. The maximum absolute atomic E-state index is 9.13. The molecule has 0 amide bonds. The summed E-state index contributed by atoms with van der Waals surface area (Å²) in [6, 6.07) is 14.2. The third-order valence-corrected chi connectivity index (χ3v) is 3.78. The molecule has 2 rings (SSSR count). The third kappa shape index (κ3) is 3.15. The molecule has 19 heavy (non-hydrogen) atoms. The number of nitriles is 1. The maximum Gasteiger partial charge on any atom is 0.101 e. The van der Waals surface area contributed by atoms with Crippen molar-refractivity contribution in [3.05, 3.63) is 63.1 Å². The highest BCUT2D eigenvalue weighted by Gasteiger charge is 2.04. The van der Waals surface area contributed by atoms with Gasteiger partial charge in [-0.05, 0) is 48.7 Å². The zero-order valence-corrected chi connectivity index (χ0v) is 12.6. The lowest BCUT2D eigenvalue weighted by Gasteiger charge is -2.12. The summed E-state index contributed by atoms with van der Waals surface area (Å²) >= 11 is 3.38. The molecule has 0 saturated heterocycles. The Bertz CT molecular complexity index is 642. The molecule has 0 spiro atoms. The number of halogens is 1. The lowest BCUT2D eigenvalue weighted by molar-refractivity contribution is 1.10. The molecule has 0 aliphatic heterocycles. The van der Waals surface area contributed by atoms with Crippen LogP contribution in [0.15, 0.2) is 40.9 Å². The summed E-state index contributed by atoms with van der Waals surface area (Å²) in [5.74, 6) is 0. The highest BCUT2D eigenvalue weighted by molar-refractivity contribution is 9.10. The fourth-order valence-electron chi connectivity index (χ4n) is 1.96. The molecular weight excluding hydrogens is 300 g/mol. The average Bonchev–Trinajstić information content (AvgIpc) is 2.41. The molecule has 0 heterocycles. The number of nitrogens with one attached hydrogen (secondary N) is 1. The number of hydrogen-bond donors (Lipinski definition) is 1. The Kier molecular flexibility index (Phi) is 4.24. The molecule has 0 saturated carbocycles. The first-order valence-electron chi connectivity index (χ1n) is 6.10. The van der Waals surface area contributed by atoms with E-state index in [2.05, 4.69) is 59.4 Å². The molecule has 2 nitrogen and oxygen atoms in total. The van der Waals surface area contributed by atoms with Crippen LogP contribution in [0, 0.1) is 25.2 Å². The van der Waals surface area contributed by atoms with Crippen molar-refractivity contribution in [1.29, 1.82) is 5.26 Å². The van der Waals surface area contributed by atoms with E-state index in [1.165, 1.54) is 16.7 Å². The van der Waals surface area contributed by atoms with Gasteiger partial charge in [-0.15, -0.1) is 0 Å². The Morgan fingerprint density at radius 1 is 1.21 bits per heavy atom. The van der Waals surface area contributed by atoms with E-state index in [1.54, 1.807) is 0 Å². The van der Waals surface area contributed by atoms with Crippen LogP contribution in [0.25, 0.3) is 0 Å². The van der Waals surface area contributed by atoms with Gasteiger partial charge < -0.3 is 5.32 Å². The molecule has 0 atom stereocenters. The Balaban J connectivity index is 2.20. The molecule has 3 heteroatoms. The fraction of sp³-hybridized carbons (Fsp3) is 0.188. The van der Waals surface area contributed by atoms with Crippen LogP contribution in [0.5, 0.6) is 0 Å². The molecule has 0 unspecified atom stereocenters. The van der Waals surface area contributed by atoms with Crippen LogP contribution in [0.4, 0.5) is 5.69 Å². The van der Waals surface area contributed by atoms with Gasteiger partial charge in [-0.3, -0.25) is 0 Å². The van der Waals surface area contributed by atoms with Crippen molar-refractivity contribution in [2.45, 2.75) is 20.4 Å². The van der Waals surface area contributed by atoms with Crippen LogP contribution < -0.4 is 5.32 Å². The molecule has 0 fully saturated rings. The van der Waals surface area contributed by atoms with Gasteiger partial charge in [-0.25, -0.2) is 0 Å². The van der Waals surface area contributed by atoms with E-state index in [0.717, 1.165) is 16.7 Å². The number of aryl methyl sites for hydroxylation is 1. The van der Waals surface area contributed by atoms with Crippen molar-refractivity contribution in [3.8, 4) is 6.07 Å².